The van der Waals surface area contributed by atoms with E-state index in [4.69, 9.17) is 9.47 Å². The monoisotopic (exact) mass is 364 g/mol. The molecule has 6 heteroatoms. The first kappa shape index (κ1) is 24.3. The zero-order chi connectivity index (χ0) is 15.5. The Morgan fingerprint density at radius 1 is 1.17 bits per heavy atom. The maximum absolute atomic E-state index is 5.64. The Kier molecular flexibility index (Phi) is 15.5. The molecule has 4 nitrogen and oxygen atoms in total. The molecule has 0 amide bonds. The van der Waals surface area contributed by atoms with E-state index in [2.05, 4.69) is 37.0 Å². The molecule has 0 atom stereocenters. The van der Waals surface area contributed by atoms with Crippen molar-refractivity contribution >= 4 is 24.8 Å². The second kappa shape index (κ2) is 14.6. The van der Waals surface area contributed by atoms with Crippen molar-refractivity contribution in [2.45, 2.75) is 19.9 Å². The largest absolute Gasteiger partial charge is 0.490 e. The lowest BCUT2D eigenvalue weighted by Crippen LogP contribution is -2.21. The second-order valence-electron chi connectivity index (χ2n) is 5.15. The highest BCUT2D eigenvalue weighted by molar-refractivity contribution is 5.85. The number of benzene rings is 1. The molecule has 1 aromatic rings. The van der Waals surface area contributed by atoms with E-state index in [-0.39, 0.29) is 24.8 Å². The molecule has 23 heavy (non-hydrogen) atoms. The van der Waals surface area contributed by atoms with Crippen LogP contribution in [0.5, 0.6) is 11.5 Å². The maximum Gasteiger partial charge on any atom is 0.161 e. The molecule has 0 bridgehead atoms. The van der Waals surface area contributed by atoms with Crippen molar-refractivity contribution in [3.63, 3.8) is 0 Å². The fourth-order valence-corrected chi connectivity index (χ4v) is 1.95. The van der Waals surface area contributed by atoms with Gasteiger partial charge in [0.2, 0.25) is 0 Å². The van der Waals surface area contributed by atoms with Crippen LogP contribution < -0.4 is 14.8 Å². The Hall–Kier alpha value is -0.940. The van der Waals surface area contributed by atoms with Crippen LogP contribution >= 0.6 is 24.8 Å². The van der Waals surface area contributed by atoms with Crippen LogP contribution in [0.15, 0.2) is 30.9 Å². The first-order chi connectivity index (χ1) is 10.2. The van der Waals surface area contributed by atoms with Gasteiger partial charge in [-0.3, -0.25) is 0 Å². The van der Waals surface area contributed by atoms with Crippen LogP contribution in [0.1, 0.15) is 18.9 Å². The van der Waals surface area contributed by atoms with Gasteiger partial charge in [0.05, 0.1) is 6.61 Å². The molecule has 134 valence electrons. The lowest BCUT2D eigenvalue weighted by molar-refractivity contribution is 0.296. The molecule has 0 aliphatic heterocycles. The summed E-state index contributed by atoms with van der Waals surface area (Å²) in [6, 6.07) is 6.08. The minimum absolute atomic E-state index is 0. The molecule has 0 aliphatic carbocycles. The maximum atomic E-state index is 5.64. The van der Waals surface area contributed by atoms with Crippen molar-refractivity contribution in [2.24, 2.45) is 0 Å². The summed E-state index contributed by atoms with van der Waals surface area (Å²) in [7, 11) is 4.19. The summed E-state index contributed by atoms with van der Waals surface area (Å²) < 4.78 is 11.2. The number of halogens is 2. The van der Waals surface area contributed by atoms with E-state index < -0.39 is 0 Å². The van der Waals surface area contributed by atoms with Crippen molar-refractivity contribution in [1.82, 2.24) is 10.2 Å². The number of nitrogens with one attached hydrogen (secondary N) is 1. The topological polar surface area (TPSA) is 33.7 Å². The number of hydrogen-bond acceptors (Lipinski definition) is 4. The Bertz CT molecular complexity index is 429. The van der Waals surface area contributed by atoms with Gasteiger partial charge >= 0.3 is 0 Å². The predicted molar refractivity (Wildman–Crippen MR) is 103 cm³/mol. The molecule has 0 radical (unpaired) electrons. The van der Waals surface area contributed by atoms with Crippen LogP contribution in [-0.4, -0.2) is 45.3 Å². The standard InChI is InChI=1S/C17H28N2O2.2ClH/c1-5-12-21-16-9-8-15(13-17(16)20-6-2)14-18-10-7-11-19(3)4;;/h5,8-9,13,18H,1,6-7,10-12,14H2,2-4H3;2*1H. The van der Waals surface area contributed by atoms with Gasteiger partial charge in [0, 0.05) is 6.54 Å². The number of nitrogens with zero attached hydrogens (tertiary/aromatic N) is 1. The van der Waals surface area contributed by atoms with Gasteiger partial charge in [-0.05, 0) is 58.2 Å². The highest BCUT2D eigenvalue weighted by Crippen LogP contribution is 2.28. The number of hydrogen-bond donors (Lipinski definition) is 1. The Labute approximate surface area is 153 Å². The molecule has 0 fully saturated rings. The SMILES string of the molecule is C=CCOc1ccc(CNCCCN(C)C)cc1OCC.Cl.Cl. The third kappa shape index (κ3) is 10.4. The number of rotatable bonds is 11. The summed E-state index contributed by atoms with van der Waals surface area (Å²) in [5.74, 6) is 1.57. The van der Waals surface area contributed by atoms with E-state index in [1.807, 2.05) is 19.1 Å². The van der Waals surface area contributed by atoms with Gasteiger partial charge in [-0.2, -0.15) is 0 Å². The van der Waals surface area contributed by atoms with Crippen LogP contribution in [0, 0.1) is 0 Å². The van der Waals surface area contributed by atoms with Crippen LogP contribution in [0.25, 0.3) is 0 Å². The van der Waals surface area contributed by atoms with Gasteiger partial charge in [0.25, 0.3) is 0 Å². The first-order valence-corrected chi connectivity index (χ1v) is 7.52. The molecule has 0 aromatic heterocycles. The van der Waals surface area contributed by atoms with Crippen LogP contribution in [-0.2, 0) is 6.54 Å². The lowest BCUT2D eigenvalue weighted by Gasteiger charge is -2.13. The molecule has 0 saturated carbocycles. The van der Waals surface area contributed by atoms with Gasteiger partial charge in [-0.15, -0.1) is 24.8 Å². The summed E-state index contributed by atoms with van der Waals surface area (Å²) in [6.07, 6.45) is 2.88. The summed E-state index contributed by atoms with van der Waals surface area (Å²) in [5.41, 5.74) is 1.20. The first-order valence-electron chi connectivity index (χ1n) is 7.52. The normalized spacial score (nSPS) is 9.74. The van der Waals surface area contributed by atoms with Crippen molar-refractivity contribution in [1.29, 1.82) is 0 Å². The fourth-order valence-electron chi connectivity index (χ4n) is 1.95. The molecular weight excluding hydrogens is 335 g/mol. The van der Waals surface area contributed by atoms with E-state index in [1.54, 1.807) is 6.08 Å². The average molecular weight is 365 g/mol. The summed E-state index contributed by atoms with van der Waals surface area (Å²) in [5, 5.41) is 3.45. The van der Waals surface area contributed by atoms with Crippen molar-refractivity contribution in [2.75, 3.05) is 40.4 Å². The highest BCUT2D eigenvalue weighted by atomic mass is 35.5. The van der Waals surface area contributed by atoms with Crippen molar-refractivity contribution in [3.05, 3.63) is 36.4 Å². The van der Waals surface area contributed by atoms with Crippen molar-refractivity contribution < 1.29 is 9.47 Å². The molecule has 0 unspecified atom stereocenters. The Morgan fingerprint density at radius 2 is 1.91 bits per heavy atom. The molecule has 1 N–H and O–H groups in total. The van der Waals surface area contributed by atoms with Gasteiger partial charge in [0.15, 0.2) is 11.5 Å². The molecule has 0 heterocycles. The third-order valence-electron chi connectivity index (χ3n) is 2.95. The number of ether oxygens (including phenoxy) is 2. The predicted octanol–water partition coefficient (Wildman–Crippen LogP) is 3.54. The van der Waals surface area contributed by atoms with Crippen LogP contribution in [0.4, 0.5) is 0 Å². The van der Waals surface area contributed by atoms with Gasteiger partial charge in [-0.25, -0.2) is 0 Å². The van der Waals surface area contributed by atoms with Crippen molar-refractivity contribution in [3.8, 4) is 11.5 Å². The van der Waals surface area contributed by atoms with E-state index in [1.165, 1.54) is 5.56 Å². The summed E-state index contributed by atoms with van der Waals surface area (Å²) in [6.45, 7) is 9.71. The average Bonchev–Trinajstić information content (AvgIpc) is 2.46. The zero-order valence-corrected chi connectivity index (χ0v) is 16.0. The molecule has 0 saturated heterocycles. The molecule has 1 rings (SSSR count). The fraction of sp³-hybridized carbons (Fsp3) is 0.529. The van der Waals surface area contributed by atoms with E-state index >= 15 is 0 Å². The highest BCUT2D eigenvalue weighted by Gasteiger charge is 2.06. The Balaban J connectivity index is 0. The summed E-state index contributed by atoms with van der Waals surface area (Å²) in [4.78, 5) is 2.20. The smallest absolute Gasteiger partial charge is 0.161 e. The van der Waals surface area contributed by atoms with Crippen LogP contribution in [0.2, 0.25) is 0 Å². The second-order valence-corrected chi connectivity index (χ2v) is 5.15. The third-order valence-corrected chi connectivity index (χ3v) is 2.95. The zero-order valence-electron chi connectivity index (χ0n) is 14.3. The summed E-state index contributed by atoms with van der Waals surface area (Å²) >= 11 is 0. The minimum atomic E-state index is 0. The molecular formula is C17H30Cl2N2O2. The minimum Gasteiger partial charge on any atom is -0.490 e. The molecule has 1 aromatic carbocycles. The molecule has 0 aliphatic rings. The van der Waals surface area contributed by atoms with Gasteiger partial charge < -0.3 is 19.7 Å². The molecule has 0 spiro atoms. The van der Waals surface area contributed by atoms with E-state index in [9.17, 15) is 0 Å². The quantitative estimate of drug-likeness (QED) is 0.481. The lowest BCUT2D eigenvalue weighted by atomic mass is 10.2. The van der Waals surface area contributed by atoms with Gasteiger partial charge in [0.1, 0.15) is 6.61 Å². The van der Waals surface area contributed by atoms with E-state index in [0.29, 0.717) is 13.2 Å². The van der Waals surface area contributed by atoms with Crippen LogP contribution in [0.3, 0.4) is 0 Å². The van der Waals surface area contributed by atoms with Gasteiger partial charge in [-0.1, -0.05) is 18.7 Å². The Morgan fingerprint density at radius 3 is 2.52 bits per heavy atom. The van der Waals surface area contributed by atoms with E-state index in [0.717, 1.165) is 37.6 Å².